The van der Waals surface area contributed by atoms with Crippen LogP contribution < -0.4 is 10.1 Å². The third-order valence-electron chi connectivity index (χ3n) is 5.05. The Morgan fingerprint density at radius 1 is 0.882 bits per heavy atom. The van der Waals surface area contributed by atoms with Crippen LogP contribution in [0.5, 0.6) is 11.5 Å². The van der Waals surface area contributed by atoms with Gasteiger partial charge in [-0.25, -0.2) is 0 Å². The van der Waals surface area contributed by atoms with Crippen molar-refractivity contribution in [1.82, 2.24) is 0 Å². The highest BCUT2D eigenvalue weighted by Crippen LogP contribution is 2.41. The summed E-state index contributed by atoms with van der Waals surface area (Å²) in [7, 11) is 1.50. The topological polar surface area (TPSA) is 108 Å². The van der Waals surface area contributed by atoms with Gasteiger partial charge in [0.25, 0.3) is 0 Å². The zero-order chi connectivity index (χ0) is 24.1. The highest BCUT2D eigenvalue weighted by atomic mass is 16.5. The summed E-state index contributed by atoms with van der Waals surface area (Å²) in [6.07, 6.45) is 0. The molecule has 8 heteroatoms. The molecule has 0 aromatic heterocycles. The molecular weight excluding hydrogens is 430 g/mol. The summed E-state index contributed by atoms with van der Waals surface area (Å²) in [4.78, 5) is 11.8. The first-order chi connectivity index (χ1) is 16.4. The number of rotatable bonds is 6. The molecule has 0 aliphatic rings. The van der Waals surface area contributed by atoms with Crippen molar-refractivity contribution in [2.45, 2.75) is 13.8 Å². The summed E-state index contributed by atoms with van der Waals surface area (Å²) < 4.78 is 5.49. The molecule has 170 valence electrons. The Kier molecular flexibility index (Phi) is 6.59. The Balaban J connectivity index is 1.76. The molecule has 4 aromatic carbocycles. The van der Waals surface area contributed by atoms with Crippen LogP contribution in [0.4, 0.5) is 28.4 Å². The second-order valence-corrected chi connectivity index (χ2v) is 7.61. The molecule has 0 spiro atoms. The Labute approximate surface area is 196 Å². The van der Waals surface area contributed by atoms with Crippen molar-refractivity contribution in [2.75, 3.05) is 12.4 Å². The molecule has 0 saturated heterocycles. The van der Waals surface area contributed by atoms with E-state index in [1.165, 1.54) is 14.0 Å². The molecule has 0 radical (unpaired) electrons. The zero-order valence-corrected chi connectivity index (χ0v) is 19.0. The monoisotopic (exact) mass is 453 g/mol. The van der Waals surface area contributed by atoms with Gasteiger partial charge in [0, 0.05) is 18.4 Å². The number of aryl methyl sites for hydroxylation is 1. The third-order valence-corrected chi connectivity index (χ3v) is 5.05. The van der Waals surface area contributed by atoms with Crippen molar-refractivity contribution in [2.24, 2.45) is 20.5 Å². The van der Waals surface area contributed by atoms with E-state index in [0.717, 1.165) is 16.3 Å². The van der Waals surface area contributed by atoms with Gasteiger partial charge in [-0.15, -0.1) is 15.3 Å². The first-order valence-electron chi connectivity index (χ1n) is 10.5. The van der Waals surface area contributed by atoms with Gasteiger partial charge in [-0.2, -0.15) is 5.11 Å². The standard InChI is InChI=1S/C26H23N5O3/c1-16-8-11-19(12-9-16)28-29-22-15-25(34-3)23(14-21(22)27-17(2)32)30-31-26-20-7-5-4-6-18(20)10-13-24(26)33/h4-15,33H,1-3H3,(H,27,32). The molecule has 0 aliphatic carbocycles. The number of nitrogens with zero attached hydrogens (tertiary/aromatic N) is 4. The van der Waals surface area contributed by atoms with Crippen LogP contribution in [0.1, 0.15) is 12.5 Å². The summed E-state index contributed by atoms with van der Waals surface area (Å²) in [6.45, 7) is 3.40. The quantitative estimate of drug-likeness (QED) is 0.293. The summed E-state index contributed by atoms with van der Waals surface area (Å²) in [6, 6.07) is 21.8. The normalized spacial score (nSPS) is 11.4. The van der Waals surface area contributed by atoms with E-state index in [-0.39, 0.29) is 11.7 Å². The molecule has 1 amide bonds. The summed E-state index contributed by atoms with van der Waals surface area (Å²) in [5, 5.41) is 32.0. The average Bonchev–Trinajstić information content (AvgIpc) is 2.83. The van der Waals surface area contributed by atoms with E-state index in [9.17, 15) is 9.90 Å². The van der Waals surface area contributed by atoms with Crippen molar-refractivity contribution in [3.63, 3.8) is 0 Å². The maximum absolute atomic E-state index is 11.8. The molecule has 0 fully saturated rings. The van der Waals surface area contributed by atoms with E-state index in [0.29, 0.717) is 34.2 Å². The van der Waals surface area contributed by atoms with Crippen LogP contribution in [-0.4, -0.2) is 18.1 Å². The Hall–Kier alpha value is -4.59. The van der Waals surface area contributed by atoms with Gasteiger partial charge in [0.2, 0.25) is 5.91 Å². The minimum absolute atomic E-state index is 0.00650. The molecule has 34 heavy (non-hydrogen) atoms. The Morgan fingerprint density at radius 2 is 1.62 bits per heavy atom. The molecule has 0 aliphatic heterocycles. The van der Waals surface area contributed by atoms with Gasteiger partial charge in [0.05, 0.1) is 18.5 Å². The van der Waals surface area contributed by atoms with Crippen molar-refractivity contribution in [3.05, 3.63) is 78.4 Å². The van der Waals surface area contributed by atoms with Gasteiger partial charge >= 0.3 is 0 Å². The lowest BCUT2D eigenvalue weighted by molar-refractivity contribution is -0.114. The summed E-state index contributed by atoms with van der Waals surface area (Å²) in [5.41, 5.74) is 3.29. The van der Waals surface area contributed by atoms with Crippen LogP contribution in [0.3, 0.4) is 0 Å². The molecule has 8 nitrogen and oxygen atoms in total. The van der Waals surface area contributed by atoms with Crippen molar-refractivity contribution < 1.29 is 14.6 Å². The number of nitrogens with one attached hydrogen (secondary N) is 1. The van der Waals surface area contributed by atoms with E-state index in [2.05, 4.69) is 25.8 Å². The first-order valence-corrected chi connectivity index (χ1v) is 10.5. The van der Waals surface area contributed by atoms with Gasteiger partial charge in [0.15, 0.2) is 0 Å². The molecule has 0 heterocycles. The number of carbonyl (C=O) groups is 1. The Morgan fingerprint density at radius 3 is 2.35 bits per heavy atom. The smallest absolute Gasteiger partial charge is 0.221 e. The van der Waals surface area contributed by atoms with E-state index in [1.54, 1.807) is 18.2 Å². The van der Waals surface area contributed by atoms with Crippen molar-refractivity contribution >= 4 is 45.1 Å². The van der Waals surface area contributed by atoms with Crippen LogP contribution in [-0.2, 0) is 4.79 Å². The number of carbonyl (C=O) groups excluding carboxylic acids is 1. The lowest BCUT2D eigenvalue weighted by Gasteiger charge is -2.11. The number of amides is 1. The van der Waals surface area contributed by atoms with E-state index in [4.69, 9.17) is 4.74 Å². The number of hydrogen-bond acceptors (Lipinski definition) is 7. The van der Waals surface area contributed by atoms with Crippen LogP contribution >= 0.6 is 0 Å². The highest BCUT2D eigenvalue weighted by Gasteiger charge is 2.13. The van der Waals surface area contributed by atoms with Crippen LogP contribution in [0.15, 0.2) is 93.3 Å². The SMILES string of the molecule is COc1cc(N=Nc2ccc(C)cc2)c(NC(C)=O)cc1N=Nc1c(O)ccc2ccccc12. The molecule has 0 unspecified atom stereocenters. The molecule has 4 aromatic rings. The number of anilines is 1. The molecule has 0 saturated carbocycles. The van der Waals surface area contributed by atoms with Crippen LogP contribution in [0, 0.1) is 6.92 Å². The van der Waals surface area contributed by atoms with Crippen LogP contribution in [0.25, 0.3) is 10.8 Å². The first kappa shape index (κ1) is 22.6. The van der Waals surface area contributed by atoms with Crippen molar-refractivity contribution in [1.29, 1.82) is 0 Å². The number of ether oxygens (including phenoxy) is 1. The number of phenols is 1. The van der Waals surface area contributed by atoms with Gasteiger partial charge in [-0.3, -0.25) is 4.79 Å². The Bertz CT molecular complexity index is 1410. The molecule has 2 N–H and O–H groups in total. The number of fused-ring (bicyclic) bond motifs is 1. The third kappa shape index (κ3) is 5.07. The molecule has 4 rings (SSSR count). The second kappa shape index (κ2) is 9.91. The second-order valence-electron chi connectivity index (χ2n) is 7.61. The predicted octanol–water partition coefficient (Wildman–Crippen LogP) is 7.65. The maximum atomic E-state index is 11.8. The number of benzene rings is 4. The molecule has 0 atom stereocenters. The highest BCUT2D eigenvalue weighted by molar-refractivity contribution is 5.95. The lowest BCUT2D eigenvalue weighted by Crippen LogP contribution is -2.05. The minimum Gasteiger partial charge on any atom is -0.506 e. The fourth-order valence-electron chi connectivity index (χ4n) is 3.35. The van der Waals surface area contributed by atoms with Gasteiger partial charge in [-0.1, -0.05) is 48.0 Å². The number of phenolic OH excluding ortho intramolecular Hbond substituents is 1. The average molecular weight is 454 g/mol. The van der Waals surface area contributed by atoms with E-state index >= 15 is 0 Å². The fraction of sp³-hybridized carbons (Fsp3) is 0.115. The van der Waals surface area contributed by atoms with Crippen LogP contribution in [0.2, 0.25) is 0 Å². The minimum atomic E-state index is -0.272. The fourth-order valence-corrected chi connectivity index (χ4v) is 3.35. The van der Waals surface area contributed by atoms with E-state index < -0.39 is 0 Å². The summed E-state index contributed by atoms with van der Waals surface area (Å²) in [5.74, 6) is 0.119. The molecular formula is C26H23N5O3. The van der Waals surface area contributed by atoms with Crippen molar-refractivity contribution in [3.8, 4) is 11.5 Å². The van der Waals surface area contributed by atoms with Gasteiger partial charge < -0.3 is 15.2 Å². The lowest BCUT2D eigenvalue weighted by atomic mass is 10.1. The maximum Gasteiger partial charge on any atom is 0.221 e. The largest absolute Gasteiger partial charge is 0.506 e. The number of azo groups is 2. The van der Waals surface area contributed by atoms with Gasteiger partial charge in [0.1, 0.15) is 28.6 Å². The number of hydrogen-bond donors (Lipinski definition) is 2. The summed E-state index contributed by atoms with van der Waals surface area (Å²) >= 11 is 0. The number of aromatic hydroxyl groups is 1. The number of methoxy groups -OCH3 is 1. The zero-order valence-electron chi connectivity index (χ0n) is 19.0. The molecule has 0 bridgehead atoms. The predicted molar refractivity (Wildman–Crippen MR) is 132 cm³/mol. The van der Waals surface area contributed by atoms with Gasteiger partial charge in [-0.05, 0) is 36.6 Å². The van der Waals surface area contributed by atoms with E-state index in [1.807, 2.05) is 61.5 Å².